The van der Waals surface area contributed by atoms with Crippen LogP contribution in [0.4, 0.5) is 5.69 Å². The quantitative estimate of drug-likeness (QED) is 0.574. The average Bonchev–Trinajstić information content (AvgIpc) is 3.16. The van der Waals surface area contributed by atoms with Crippen molar-refractivity contribution in [2.75, 3.05) is 44.7 Å². The van der Waals surface area contributed by atoms with Crippen LogP contribution < -0.4 is 9.64 Å². The first kappa shape index (κ1) is 24.3. The van der Waals surface area contributed by atoms with Crippen molar-refractivity contribution in [2.24, 2.45) is 11.8 Å². The minimum absolute atomic E-state index is 0.0729. The van der Waals surface area contributed by atoms with E-state index < -0.39 is 0 Å². The zero-order valence-corrected chi connectivity index (χ0v) is 21.2. The molecule has 3 aliphatic rings. The lowest BCUT2D eigenvalue weighted by Gasteiger charge is -2.38. The van der Waals surface area contributed by atoms with Crippen molar-refractivity contribution in [1.82, 2.24) is 9.80 Å². The van der Waals surface area contributed by atoms with Gasteiger partial charge in [-0.2, -0.15) is 0 Å². The summed E-state index contributed by atoms with van der Waals surface area (Å²) in [6, 6.07) is 13.2. The van der Waals surface area contributed by atoms with Crippen LogP contribution in [0.15, 0.2) is 42.5 Å². The first-order valence-corrected chi connectivity index (χ1v) is 13.1. The molecule has 0 unspecified atom stereocenters. The molecular weight excluding hydrogens is 454 g/mol. The third-order valence-electron chi connectivity index (χ3n) is 7.82. The highest BCUT2D eigenvalue weighted by atomic mass is 16.5. The maximum absolute atomic E-state index is 13.5. The number of hydrogen-bond donors (Lipinski definition) is 0. The minimum Gasteiger partial charge on any atom is -0.497 e. The second-order valence-electron chi connectivity index (χ2n) is 10.4. The fourth-order valence-electron chi connectivity index (χ4n) is 5.90. The molecule has 2 fully saturated rings. The van der Waals surface area contributed by atoms with E-state index in [4.69, 9.17) is 4.74 Å². The average molecular weight is 490 g/mol. The molecule has 2 saturated heterocycles. The lowest BCUT2D eigenvalue weighted by atomic mass is 9.93. The van der Waals surface area contributed by atoms with E-state index in [1.54, 1.807) is 13.2 Å². The number of rotatable bonds is 6. The molecule has 3 amide bonds. The predicted molar refractivity (Wildman–Crippen MR) is 138 cm³/mol. The smallest absolute Gasteiger partial charge is 0.263 e. The van der Waals surface area contributed by atoms with Crippen LogP contribution >= 0.6 is 0 Å². The van der Waals surface area contributed by atoms with E-state index in [0.29, 0.717) is 36.6 Å². The van der Waals surface area contributed by atoms with Crippen molar-refractivity contribution < 1.29 is 19.1 Å². The number of hydrogen-bond acceptors (Lipinski definition) is 5. The van der Waals surface area contributed by atoms with Crippen LogP contribution in [0.3, 0.4) is 0 Å². The number of piperidine rings is 2. The Morgan fingerprint density at radius 1 is 1.00 bits per heavy atom. The molecule has 3 aliphatic heterocycles. The van der Waals surface area contributed by atoms with Crippen molar-refractivity contribution in [2.45, 2.75) is 39.0 Å². The van der Waals surface area contributed by atoms with Crippen LogP contribution in [-0.2, 0) is 11.2 Å². The fraction of sp³-hybridized carbons (Fsp3) is 0.483. The van der Waals surface area contributed by atoms with Crippen molar-refractivity contribution in [3.05, 3.63) is 59.2 Å². The lowest BCUT2D eigenvalue weighted by molar-refractivity contribution is -0.137. The second-order valence-corrected chi connectivity index (χ2v) is 10.4. The van der Waals surface area contributed by atoms with Gasteiger partial charge in [-0.1, -0.05) is 25.1 Å². The Labute approximate surface area is 213 Å². The summed E-state index contributed by atoms with van der Waals surface area (Å²) < 4.78 is 5.29. The molecule has 36 heavy (non-hydrogen) atoms. The van der Waals surface area contributed by atoms with Gasteiger partial charge in [0.1, 0.15) is 5.75 Å². The maximum atomic E-state index is 13.5. The van der Waals surface area contributed by atoms with E-state index in [2.05, 4.69) is 11.8 Å². The number of amides is 3. The predicted octanol–water partition coefficient (Wildman–Crippen LogP) is 4.01. The SMILES string of the molecule is COc1cccc(CCN2C(=O)c3cccc(N4CCC[C@H](C(=O)N5CCC[C@@H](C)C5)C4)c3C2=O)c1. The number of likely N-dealkylation sites (tertiary alicyclic amines) is 1. The van der Waals surface area contributed by atoms with Crippen LogP contribution in [0.25, 0.3) is 0 Å². The molecule has 0 radical (unpaired) electrons. The summed E-state index contributed by atoms with van der Waals surface area (Å²) in [5.41, 5.74) is 2.73. The number of anilines is 1. The molecule has 7 heteroatoms. The second kappa shape index (κ2) is 10.3. The number of carbonyl (C=O) groups is 3. The van der Waals surface area contributed by atoms with E-state index in [1.807, 2.05) is 41.3 Å². The number of methoxy groups -OCH3 is 1. The van der Waals surface area contributed by atoms with Gasteiger partial charge in [0.05, 0.1) is 29.8 Å². The topological polar surface area (TPSA) is 70.2 Å². The summed E-state index contributed by atoms with van der Waals surface area (Å²) in [6.45, 7) is 5.57. The highest BCUT2D eigenvalue weighted by molar-refractivity contribution is 6.23. The van der Waals surface area contributed by atoms with Crippen LogP contribution in [-0.4, -0.2) is 67.4 Å². The van der Waals surface area contributed by atoms with E-state index in [9.17, 15) is 14.4 Å². The molecule has 2 atom stereocenters. The molecule has 7 nitrogen and oxygen atoms in total. The van der Waals surface area contributed by atoms with Crippen LogP contribution in [0.5, 0.6) is 5.75 Å². The zero-order chi connectivity index (χ0) is 25.2. The van der Waals surface area contributed by atoms with Gasteiger partial charge in [0, 0.05) is 32.7 Å². The summed E-state index contributed by atoms with van der Waals surface area (Å²) in [5.74, 6) is 0.979. The largest absolute Gasteiger partial charge is 0.497 e. The molecule has 0 aromatic heterocycles. The number of carbonyl (C=O) groups excluding carboxylic acids is 3. The third-order valence-corrected chi connectivity index (χ3v) is 7.82. The first-order chi connectivity index (χ1) is 17.5. The standard InChI is InChI=1S/C29H35N3O4/c1-20-7-5-15-31(18-20)27(33)22-9-6-14-30(19-22)25-12-4-11-24-26(25)29(35)32(28(24)34)16-13-21-8-3-10-23(17-21)36-2/h3-4,8,10-12,17,20,22H,5-7,9,13-16,18-19H2,1-2H3/t20-,22+/m1/s1. The Morgan fingerprint density at radius 3 is 2.61 bits per heavy atom. The molecule has 5 rings (SSSR count). The maximum Gasteiger partial charge on any atom is 0.263 e. The molecular formula is C29H35N3O4. The summed E-state index contributed by atoms with van der Waals surface area (Å²) in [4.78, 5) is 45.5. The van der Waals surface area contributed by atoms with Gasteiger partial charge in [-0.15, -0.1) is 0 Å². The van der Waals surface area contributed by atoms with Gasteiger partial charge in [-0.3, -0.25) is 19.3 Å². The summed E-state index contributed by atoms with van der Waals surface area (Å²) in [7, 11) is 1.62. The van der Waals surface area contributed by atoms with E-state index in [1.165, 1.54) is 11.3 Å². The van der Waals surface area contributed by atoms with Crippen molar-refractivity contribution in [3.8, 4) is 5.75 Å². The Bertz CT molecular complexity index is 1160. The van der Waals surface area contributed by atoms with Gasteiger partial charge in [-0.05, 0) is 67.9 Å². The Morgan fingerprint density at radius 2 is 1.81 bits per heavy atom. The van der Waals surface area contributed by atoms with E-state index in [-0.39, 0.29) is 23.6 Å². The van der Waals surface area contributed by atoms with Crippen molar-refractivity contribution in [1.29, 1.82) is 0 Å². The number of imide groups is 1. The summed E-state index contributed by atoms with van der Waals surface area (Å²) >= 11 is 0. The van der Waals surface area contributed by atoms with Crippen molar-refractivity contribution >= 4 is 23.4 Å². The molecule has 3 heterocycles. The number of ether oxygens (including phenoxy) is 1. The van der Waals surface area contributed by atoms with E-state index in [0.717, 1.165) is 55.9 Å². The number of benzene rings is 2. The van der Waals surface area contributed by atoms with Crippen molar-refractivity contribution in [3.63, 3.8) is 0 Å². The monoisotopic (exact) mass is 489 g/mol. The highest BCUT2D eigenvalue weighted by Gasteiger charge is 2.39. The summed E-state index contributed by atoms with van der Waals surface area (Å²) in [6.07, 6.45) is 4.57. The molecule has 2 aromatic carbocycles. The van der Waals surface area contributed by atoms with Gasteiger partial charge >= 0.3 is 0 Å². The third kappa shape index (κ3) is 4.71. The molecule has 0 N–H and O–H groups in total. The Balaban J connectivity index is 1.31. The van der Waals surface area contributed by atoms with Crippen LogP contribution in [0, 0.1) is 11.8 Å². The number of fused-ring (bicyclic) bond motifs is 1. The molecule has 0 aliphatic carbocycles. The Kier molecular flexibility index (Phi) is 6.99. The van der Waals surface area contributed by atoms with Gasteiger partial charge < -0.3 is 14.5 Å². The lowest BCUT2D eigenvalue weighted by Crippen LogP contribution is -2.48. The molecule has 190 valence electrons. The van der Waals surface area contributed by atoms with Gasteiger partial charge in [0.2, 0.25) is 5.91 Å². The van der Waals surface area contributed by atoms with Gasteiger partial charge in [0.25, 0.3) is 11.8 Å². The van der Waals surface area contributed by atoms with Crippen LogP contribution in [0.2, 0.25) is 0 Å². The molecule has 0 bridgehead atoms. The highest BCUT2D eigenvalue weighted by Crippen LogP contribution is 2.35. The normalized spacial score (nSPS) is 22.1. The Hall–Kier alpha value is -3.35. The fourth-order valence-corrected chi connectivity index (χ4v) is 5.90. The first-order valence-electron chi connectivity index (χ1n) is 13.1. The van der Waals surface area contributed by atoms with Gasteiger partial charge in [-0.25, -0.2) is 0 Å². The van der Waals surface area contributed by atoms with E-state index >= 15 is 0 Å². The molecule has 0 spiro atoms. The molecule has 0 saturated carbocycles. The zero-order valence-electron chi connectivity index (χ0n) is 21.2. The minimum atomic E-state index is -0.244. The van der Waals surface area contributed by atoms with Crippen LogP contribution in [0.1, 0.15) is 58.9 Å². The number of nitrogens with zero attached hydrogens (tertiary/aromatic N) is 3. The molecule has 2 aromatic rings. The van der Waals surface area contributed by atoms with Gasteiger partial charge in [0.15, 0.2) is 0 Å². The summed E-state index contributed by atoms with van der Waals surface area (Å²) in [5, 5.41) is 0.